The normalized spacial score (nSPS) is 39.3. The fraction of sp³-hybridized carbons (Fsp3) is 0.875. The first-order valence-corrected chi connectivity index (χ1v) is 4.35. The molecule has 2 atom stereocenters. The number of epoxide rings is 1. The van der Waals surface area contributed by atoms with Gasteiger partial charge >= 0.3 is 5.97 Å². The summed E-state index contributed by atoms with van der Waals surface area (Å²) in [5.74, 6) is -0.500. The van der Waals surface area contributed by atoms with Crippen LogP contribution in [0.4, 0.5) is 0 Å². The Kier molecular flexibility index (Phi) is 2.36. The first kappa shape index (κ1) is 9.81. The number of ether oxygens (including phenoxy) is 2. The zero-order valence-corrected chi connectivity index (χ0v) is 8.27. The molecule has 0 N–H and O–H groups in total. The van der Waals surface area contributed by atoms with Crippen LogP contribution in [0.3, 0.4) is 0 Å². The van der Waals surface area contributed by atoms with Crippen molar-refractivity contribution in [2.24, 2.45) is 0 Å². The number of hydrogen-bond acceptors (Lipinski definition) is 3. The molecule has 3 nitrogen and oxygen atoms in total. The molecule has 0 aromatic rings. The molecule has 0 aromatic carbocycles. The number of methoxy groups -OCH3 is 1. The lowest BCUT2D eigenvalue weighted by Crippen LogP contribution is -2.28. The van der Waals surface area contributed by atoms with E-state index in [1.165, 1.54) is 7.11 Å². The summed E-state index contributed by atoms with van der Waals surface area (Å²) in [6.45, 7) is 3.84. The highest BCUT2D eigenvalue weighted by atomic mass is 35.5. The van der Waals surface area contributed by atoms with Crippen molar-refractivity contribution in [1.82, 2.24) is 0 Å². The molecule has 0 aliphatic carbocycles. The maximum atomic E-state index is 11.1. The van der Waals surface area contributed by atoms with Gasteiger partial charge in [-0.2, -0.15) is 0 Å². The summed E-state index contributed by atoms with van der Waals surface area (Å²) in [7, 11) is 1.31. The summed E-state index contributed by atoms with van der Waals surface area (Å²) >= 11 is 5.88. The molecule has 0 radical (unpaired) electrons. The van der Waals surface area contributed by atoms with Gasteiger partial charge in [-0.3, -0.25) is 0 Å². The van der Waals surface area contributed by atoms with E-state index in [1.807, 2.05) is 13.8 Å². The monoisotopic (exact) mass is 192 g/mol. The van der Waals surface area contributed by atoms with E-state index < -0.39 is 16.6 Å². The molecule has 2 unspecified atom stereocenters. The van der Waals surface area contributed by atoms with E-state index in [0.717, 1.165) is 12.8 Å². The van der Waals surface area contributed by atoms with Gasteiger partial charge in [0, 0.05) is 0 Å². The molecule has 1 aliphatic heterocycles. The van der Waals surface area contributed by atoms with E-state index in [-0.39, 0.29) is 0 Å². The Bertz CT molecular complexity index is 206. The Morgan fingerprint density at radius 3 is 2.67 bits per heavy atom. The quantitative estimate of drug-likeness (QED) is 0.388. The SMILES string of the molecule is CCCC1(C)OC1(Cl)C(=O)OC. The summed E-state index contributed by atoms with van der Waals surface area (Å²) < 4.78 is 9.70. The number of rotatable bonds is 3. The van der Waals surface area contributed by atoms with Crippen LogP contribution in [0.25, 0.3) is 0 Å². The van der Waals surface area contributed by atoms with Crippen LogP contribution in [0.5, 0.6) is 0 Å². The van der Waals surface area contributed by atoms with Crippen molar-refractivity contribution < 1.29 is 14.3 Å². The third-order valence-corrected chi connectivity index (χ3v) is 2.81. The average Bonchev–Trinajstić information content (AvgIpc) is 2.55. The molecule has 0 spiro atoms. The van der Waals surface area contributed by atoms with Gasteiger partial charge in [0.1, 0.15) is 5.60 Å². The molecule has 0 bridgehead atoms. The predicted octanol–water partition coefficient (Wildman–Crippen LogP) is 1.68. The molecule has 0 saturated carbocycles. The van der Waals surface area contributed by atoms with E-state index in [0.29, 0.717) is 0 Å². The highest BCUT2D eigenvalue weighted by Crippen LogP contribution is 2.54. The molecular formula is C8H13ClO3. The van der Waals surface area contributed by atoms with Gasteiger partial charge < -0.3 is 9.47 Å². The number of esters is 1. The summed E-state index contributed by atoms with van der Waals surface area (Å²) in [4.78, 5) is 11.1. The van der Waals surface area contributed by atoms with Crippen LogP contribution in [0.1, 0.15) is 26.7 Å². The van der Waals surface area contributed by atoms with E-state index in [2.05, 4.69) is 4.74 Å². The fourth-order valence-corrected chi connectivity index (χ4v) is 1.70. The topological polar surface area (TPSA) is 38.8 Å². The molecule has 0 aromatic heterocycles. The Balaban J connectivity index is 2.62. The number of alkyl halides is 1. The van der Waals surface area contributed by atoms with Crippen LogP contribution < -0.4 is 0 Å². The first-order valence-electron chi connectivity index (χ1n) is 3.97. The van der Waals surface area contributed by atoms with Gasteiger partial charge in [-0.25, -0.2) is 4.79 Å². The lowest BCUT2D eigenvalue weighted by atomic mass is 10.0. The van der Waals surface area contributed by atoms with Crippen molar-refractivity contribution in [3.05, 3.63) is 0 Å². The molecule has 1 fully saturated rings. The molecule has 1 aliphatic rings. The molecular weight excluding hydrogens is 180 g/mol. The minimum Gasteiger partial charge on any atom is -0.466 e. The van der Waals surface area contributed by atoms with E-state index in [1.54, 1.807) is 0 Å². The minimum absolute atomic E-state index is 0.500. The molecule has 1 saturated heterocycles. The molecule has 0 amide bonds. The van der Waals surface area contributed by atoms with Gasteiger partial charge in [0.25, 0.3) is 5.06 Å². The maximum absolute atomic E-state index is 11.1. The molecule has 1 heterocycles. The maximum Gasteiger partial charge on any atom is 0.357 e. The summed E-state index contributed by atoms with van der Waals surface area (Å²) in [5, 5.41) is -1.22. The van der Waals surface area contributed by atoms with Crippen LogP contribution >= 0.6 is 11.6 Å². The summed E-state index contributed by atoms with van der Waals surface area (Å²) in [5.41, 5.74) is -0.531. The Morgan fingerprint density at radius 2 is 2.25 bits per heavy atom. The highest BCUT2D eigenvalue weighted by molar-refractivity contribution is 6.35. The lowest BCUT2D eigenvalue weighted by Gasteiger charge is -2.06. The third-order valence-electron chi connectivity index (χ3n) is 2.18. The largest absolute Gasteiger partial charge is 0.466 e. The van der Waals surface area contributed by atoms with Gasteiger partial charge in [-0.05, 0) is 13.3 Å². The number of carbonyl (C=O) groups is 1. The standard InChI is InChI=1S/C8H13ClO3/c1-4-5-7(2)8(9,12-7)6(10)11-3/h4-5H2,1-3H3. The second-order valence-corrected chi connectivity index (χ2v) is 3.70. The van der Waals surface area contributed by atoms with E-state index in [9.17, 15) is 4.79 Å². The number of hydrogen-bond donors (Lipinski definition) is 0. The van der Waals surface area contributed by atoms with Crippen molar-refractivity contribution in [1.29, 1.82) is 0 Å². The lowest BCUT2D eigenvalue weighted by molar-refractivity contribution is -0.143. The van der Waals surface area contributed by atoms with Gasteiger partial charge in [0.05, 0.1) is 7.11 Å². The van der Waals surface area contributed by atoms with Crippen molar-refractivity contribution in [2.75, 3.05) is 7.11 Å². The molecule has 70 valence electrons. The van der Waals surface area contributed by atoms with Crippen LogP contribution in [0.2, 0.25) is 0 Å². The second-order valence-electron chi connectivity index (χ2n) is 3.17. The Hall–Kier alpha value is -0.280. The predicted molar refractivity (Wildman–Crippen MR) is 45.0 cm³/mol. The summed E-state index contributed by atoms with van der Waals surface area (Å²) in [6, 6.07) is 0. The van der Waals surface area contributed by atoms with Crippen molar-refractivity contribution in [3.63, 3.8) is 0 Å². The van der Waals surface area contributed by atoms with Crippen molar-refractivity contribution in [2.45, 2.75) is 37.4 Å². The smallest absolute Gasteiger partial charge is 0.357 e. The Morgan fingerprint density at radius 1 is 1.67 bits per heavy atom. The van der Waals surface area contributed by atoms with Gasteiger partial charge in [-0.1, -0.05) is 24.9 Å². The Labute approximate surface area is 77.0 Å². The first-order chi connectivity index (χ1) is 5.50. The molecule has 4 heteroatoms. The fourth-order valence-electron chi connectivity index (χ4n) is 1.36. The highest BCUT2D eigenvalue weighted by Gasteiger charge is 2.71. The zero-order valence-electron chi connectivity index (χ0n) is 7.52. The van der Waals surface area contributed by atoms with Crippen molar-refractivity contribution in [3.8, 4) is 0 Å². The molecule has 1 rings (SSSR count). The van der Waals surface area contributed by atoms with Gasteiger partial charge in [0.2, 0.25) is 0 Å². The van der Waals surface area contributed by atoms with Crippen LogP contribution in [-0.2, 0) is 14.3 Å². The molecule has 12 heavy (non-hydrogen) atoms. The minimum atomic E-state index is -1.22. The number of halogens is 1. The van der Waals surface area contributed by atoms with Gasteiger partial charge in [-0.15, -0.1) is 0 Å². The number of carbonyl (C=O) groups excluding carboxylic acids is 1. The third kappa shape index (κ3) is 1.21. The average molecular weight is 193 g/mol. The zero-order chi connectivity index (χ0) is 9.41. The van der Waals surface area contributed by atoms with Crippen LogP contribution in [0.15, 0.2) is 0 Å². The van der Waals surface area contributed by atoms with E-state index >= 15 is 0 Å². The second kappa shape index (κ2) is 2.89. The van der Waals surface area contributed by atoms with Crippen molar-refractivity contribution >= 4 is 17.6 Å². The summed E-state index contributed by atoms with van der Waals surface area (Å²) in [6.07, 6.45) is 1.70. The van der Waals surface area contributed by atoms with E-state index in [4.69, 9.17) is 16.3 Å². The van der Waals surface area contributed by atoms with Gasteiger partial charge in [0.15, 0.2) is 0 Å². The van der Waals surface area contributed by atoms with Crippen LogP contribution in [-0.4, -0.2) is 23.7 Å². The van der Waals surface area contributed by atoms with Crippen LogP contribution in [0, 0.1) is 0 Å².